The summed E-state index contributed by atoms with van der Waals surface area (Å²) in [5, 5.41) is 3.50. The third-order valence-electron chi connectivity index (χ3n) is 6.20. The third kappa shape index (κ3) is 2.73. The molecule has 0 radical (unpaired) electrons. The first kappa shape index (κ1) is 21.7. The molecular formula is C25H26N2O7. The van der Waals surface area contributed by atoms with Gasteiger partial charge in [0.1, 0.15) is 0 Å². The van der Waals surface area contributed by atoms with Crippen LogP contribution in [-0.2, 0) is 0 Å². The zero-order valence-electron chi connectivity index (χ0n) is 20.1. The summed E-state index contributed by atoms with van der Waals surface area (Å²) in [5.74, 6) is 3.94. The number of hydrogen-bond acceptors (Lipinski definition) is 7. The van der Waals surface area contributed by atoms with Gasteiger partial charge in [0.05, 0.1) is 82.6 Å². The Balaban J connectivity index is 2.02. The van der Waals surface area contributed by atoms with Gasteiger partial charge in [-0.1, -0.05) is 0 Å². The van der Waals surface area contributed by atoms with Crippen LogP contribution in [0.5, 0.6) is 40.2 Å². The van der Waals surface area contributed by atoms with Gasteiger partial charge in [0.2, 0.25) is 11.5 Å². The monoisotopic (exact) mass is 466 g/mol. The van der Waals surface area contributed by atoms with Crippen LogP contribution in [0.3, 0.4) is 0 Å². The first-order valence-corrected chi connectivity index (χ1v) is 10.5. The molecule has 0 fully saturated rings. The van der Waals surface area contributed by atoms with Crippen LogP contribution in [-0.4, -0.2) is 59.7 Å². The average Bonchev–Trinajstić information content (AvgIpc) is 3.42. The van der Waals surface area contributed by atoms with Crippen LogP contribution in [0.1, 0.15) is 0 Å². The Labute approximate surface area is 195 Å². The van der Waals surface area contributed by atoms with Gasteiger partial charge in [-0.2, -0.15) is 0 Å². The Morgan fingerprint density at radius 1 is 0.441 bits per heavy atom. The highest BCUT2D eigenvalue weighted by atomic mass is 16.5. The molecule has 3 aromatic carbocycles. The number of ether oxygens (including phenoxy) is 7. The zero-order valence-corrected chi connectivity index (χ0v) is 20.1. The number of H-pyrrole nitrogens is 2. The van der Waals surface area contributed by atoms with E-state index in [0.29, 0.717) is 40.2 Å². The quantitative estimate of drug-likeness (QED) is 0.348. The van der Waals surface area contributed by atoms with Gasteiger partial charge in [-0.25, -0.2) is 0 Å². The summed E-state index contributed by atoms with van der Waals surface area (Å²) in [6.45, 7) is 0. The van der Waals surface area contributed by atoms with Crippen molar-refractivity contribution in [2.45, 2.75) is 0 Å². The van der Waals surface area contributed by atoms with E-state index in [-0.39, 0.29) is 0 Å². The van der Waals surface area contributed by atoms with Crippen molar-refractivity contribution >= 4 is 43.6 Å². The average molecular weight is 466 g/mol. The van der Waals surface area contributed by atoms with E-state index in [1.54, 1.807) is 49.8 Å². The van der Waals surface area contributed by atoms with Crippen LogP contribution in [0.2, 0.25) is 0 Å². The summed E-state index contributed by atoms with van der Waals surface area (Å²) >= 11 is 0. The second-order valence-electron chi connectivity index (χ2n) is 7.64. The third-order valence-corrected chi connectivity index (χ3v) is 6.20. The van der Waals surface area contributed by atoms with E-state index in [0.717, 1.165) is 43.6 Å². The zero-order chi connectivity index (χ0) is 24.1. The van der Waals surface area contributed by atoms with Gasteiger partial charge >= 0.3 is 0 Å². The first-order chi connectivity index (χ1) is 16.6. The van der Waals surface area contributed by atoms with E-state index in [1.807, 2.05) is 12.1 Å². The van der Waals surface area contributed by atoms with Crippen molar-refractivity contribution < 1.29 is 33.2 Å². The number of methoxy groups -OCH3 is 7. The van der Waals surface area contributed by atoms with Crippen LogP contribution in [0.15, 0.2) is 18.2 Å². The Hall–Kier alpha value is -4.14. The second-order valence-corrected chi connectivity index (χ2v) is 7.64. The lowest BCUT2D eigenvalue weighted by Crippen LogP contribution is -1.95. The number of rotatable bonds is 7. The standard InChI is InChI=1S/C25H26N2O7/c1-28-15-9-13-17(23(32-5)21(15)30-3)11-8-12-18-14(27-20(12)25(34-7)19(11)26-13)10-16(29-2)22(31-4)24(18)33-6/h8-10,26-27H,1-7H3. The van der Waals surface area contributed by atoms with Gasteiger partial charge < -0.3 is 43.1 Å². The molecule has 0 aliphatic rings. The van der Waals surface area contributed by atoms with E-state index >= 15 is 0 Å². The number of nitrogens with one attached hydrogen (secondary N) is 2. The minimum atomic E-state index is 0.514. The van der Waals surface area contributed by atoms with E-state index in [9.17, 15) is 0 Å². The Kier molecular flexibility index (Phi) is 5.11. The van der Waals surface area contributed by atoms with Crippen LogP contribution in [0.25, 0.3) is 43.6 Å². The van der Waals surface area contributed by atoms with Crippen LogP contribution < -0.4 is 33.2 Å². The predicted octanol–water partition coefficient (Wildman–Crippen LogP) is 5.02. The Bertz CT molecular complexity index is 1450. The number of fused-ring (bicyclic) bond motifs is 6. The van der Waals surface area contributed by atoms with Crippen molar-refractivity contribution in [2.24, 2.45) is 0 Å². The molecule has 0 aliphatic heterocycles. The molecule has 9 heteroatoms. The lowest BCUT2D eigenvalue weighted by atomic mass is 10.0. The molecule has 0 atom stereocenters. The number of benzene rings is 3. The maximum atomic E-state index is 5.90. The fraction of sp³-hybridized carbons (Fsp3) is 0.280. The van der Waals surface area contributed by atoms with Crippen molar-refractivity contribution in [1.82, 2.24) is 9.97 Å². The minimum Gasteiger partial charge on any atom is -0.493 e. The minimum absolute atomic E-state index is 0.514. The van der Waals surface area contributed by atoms with Crippen molar-refractivity contribution in [2.75, 3.05) is 49.8 Å². The molecule has 0 unspecified atom stereocenters. The number of hydrogen-bond donors (Lipinski definition) is 2. The molecule has 0 bridgehead atoms. The molecule has 0 aliphatic carbocycles. The van der Waals surface area contributed by atoms with Gasteiger partial charge in [-0.05, 0) is 6.07 Å². The fourth-order valence-electron chi connectivity index (χ4n) is 4.82. The van der Waals surface area contributed by atoms with Crippen LogP contribution in [0.4, 0.5) is 0 Å². The molecule has 2 heterocycles. The van der Waals surface area contributed by atoms with Crippen LogP contribution in [0, 0.1) is 0 Å². The van der Waals surface area contributed by atoms with Gasteiger partial charge in [0.15, 0.2) is 28.7 Å². The Morgan fingerprint density at radius 3 is 1.15 bits per heavy atom. The fourth-order valence-corrected chi connectivity index (χ4v) is 4.82. The molecule has 0 spiro atoms. The van der Waals surface area contributed by atoms with E-state index in [1.165, 1.54) is 0 Å². The van der Waals surface area contributed by atoms with Crippen molar-refractivity contribution in [3.05, 3.63) is 18.2 Å². The van der Waals surface area contributed by atoms with Gasteiger partial charge in [-0.3, -0.25) is 0 Å². The highest BCUT2D eigenvalue weighted by molar-refractivity contribution is 6.23. The maximum absolute atomic E-state index is 5.90. The molecule has 2 aromatic heterocycles. The van der Waals surface area contributed by atoms with Crippen LogP contribution >= 0.6 is 0 Å². The van der Waals surface area contributed by atoms with Crippen molar-refractivity contribution in [3.8, 4) is 40.2 Å². The molecular weight excluding hydrogens is 440 g/mol. The molecule has 5 aromatic rings. The molecule has 5 rings (SSSR count). The first-order valence-electron chi connectivity index (χ1n) is 10.5. The largest absolute Gasteiger partial charge is 0.493 e. The molecule has 178 valence electrons. The molecule has 0 amide bonds. The van der Waals surface area contributed by atoms with Crippen molar-refractivity contribution in [3.63, 3.8) is 0 Å². The SMILES string of the molecule is COc1cc2[nH]c3c(OC)c4[nH]c5cc(OC)c(OC)c(OC)c5c4cc3c2c(OC)c1OC. The summed E-state index contributed by atoms with van der Waals surface area (Å²) in [5.41, 5.74) is 3.27. The van der Waals surface area contributed by atoms with E-state index < -0.39 is 0 Å². The second kappa shape index (κ2) is 8.02. The Morgan fingerprint density at radius 2 is 0.824 bits per heavy atom. The summed E-state index contributed by atoms with van der Waals surface area (Å²) in [6, 6.07) is 5.85. The lowest BCUT2D eigenvalue weighted by Gasteiger charge is -2.13. The predicted molar refractivity (Wildman–Crippen MR) is 131 cm³/mol. The number of aromatic amines is 2. The summed E-state index contributed by atoms with van der Waals surface area (Å²) in [7, 11) is 11.2. The van der Waals surface area contributed by atoms with Crippen molar-refractivity contribution in [1.29, 1.82) is 0 Å². The molecule has 0 saturated heterocycles. The maximum Gasteiger partial charge on any atom is 0.204 e. The molecule has 34 heavy (non-hydrogen) atoms. The summed E-state index contributed by atoms with van der Waals surface area (Å²) in [4.78, 5) is 6.93. The smallest absolute Gasteiger partial charge is 0.204 e. The normalized spacial score (nSPS) is 11.4. The van der Waals surface area contributed by atoms with Gasteiger partial charge in [0.25, 0.3) is 0 Å². The van der Waals surface area contributed by atoms with Gasteiger partial charge in [0, 0.05) is 22.9 Å². The lowest BCUT2D eigenvalue weighted by molar-refractivity contribution is 0.327. The van der Waals surface area contributed by atoms with Gasteiger partial charge in [-0.15, -0.1) is 0 Å². The topological polar surface area (TPSA) is 96.2 Å². The highest BCUT2D eigenvalue weighted by Crippen LogP contribution is 2.51. The molecule has 0 saturated carbocycles. The molecule has 9 nitrogen and oxygen atoms in total. The number of aromatic nitrogens is 2. The van der Waals surface area contributed by atoms with E-state index in [4.69, 9.17) is 33.2 Å². The summed E-state index contributed by atoms with van der Waals surface area (Å²) in [6.07, 6.45) is 0. The summed E-state index contributed by atoms with van der Waals surface area (Å²) < 4.78 is 39.8. The van der Waals surface area contributed by atoms with E-state index in [2.05, 4.69) is 16.0 Å². The highest BCUT2D eigenvalue weighted by Gasteiger charge is 2.26. The molecule has 2 N–H and O–H groups in total.